The largest absolute Gasteiger partial charge is 0.438 e. The van der Waals surface area contributed by atoms with E-state index in [2.05, 4.69) is 27.6 Å². The molecule has 1 heterocycles. The van der Waals surface area contributed by atoms with E-state index >= 15 is 0 Å². The monoisotopic (exact) mass is 375 g/mol. The maximum Gasteiger partial charge on any atom is 0.238 e. The first-order chi connectivity index (χ1) is 8.47. The Morgan fingerprint density at radius 3 is 2.67 bits per heavy atom. The van der Waals surface area contributed by atoms with Gasteiger partial charge < -0.3 is 4.74 Å². The third-order valence-electron chi connectivity index (χ3n) is 2.15. The summed E-state index contributed by atoms with van der Waals surface area (Å²) in [5.74, 6) is 0.660. The van der Waals surface area contributed by atoms with Crippen molar-refractivity contribution in [2.24, 2.45) is 0 Å². The van der Waals surface area contributed by atoms with Crippen molar-refractivity contribution in [2.45, 2.75) is 4.90 Å². The molecular formula is C12H10INO3S. The molecule has 2 aromatic rings. The molecule has 0 radical (unpaired) electrons. The second-order valence-electron chi connectivity index (χ2n) is 3.64. The Balaban J connectivity index is 2.41. The molecule has 2 rings (SSSR count). The van der Waals surface area contributed by atoms with Gasteiger partial charge in [0, 0.05) is 16.0 Å². The Bertz CT molecular complexity index is 671. The molecule has 0 atom stereocenters. The summed E-state index contributed by atoms with van der Waals surface area (Å²) in [7, 11) is -3.35. The fourth-order valence-corrected chi connectivity index (χ4v) is 2.63. The van der Waals surface area contributed by atoms with E-state index in [1.54, 1.807) is 18.2 Å². The van der Waals surface area contributed by atoms with Crippen molar-refractivity contribution in [3.63, 3.8) is 0 Å². The van der Waals surface area contributed by atoms with E-state index < -0.39 is 9.84 Å². The van der Waals surface area contributed by atoms with Gasteiger partial charge >= 0.3 is 0 Å². The van der Waals surface area contributed by atoms with Gasteiger partial charge in [0.15, 0.2) is 9.84 Å². The first kappa shape index (κ1) is 13.3. The smallest absolute Gasteiger partial charge is 0.238 e. The van der Waals surface area contributed by atoms with Gasteiger partial charge in [0.05, 0.1) is 0 Å². The Kier molecular flexibility index (Phi) is 3.86. The molecule has 0 N–H and O–H groups in total. The van der Waals surface area contributed by atoms with Gasteiger partial charge in [-0.25, -0.2) is 13.4 Å². The highest BCUT2D eigenvalue weighted by molar-refractivity contribution is 14.1. The van der Waals surface area contributed by atoms with Crippen LogP contribution in [0.4, 0.5) is 0 Å². The normalized spacial score (nSPS) is 11.2. The SMILES string of the molecule is CS(=O)(=O)c1cccnc1Oc1cccc(I)c1. The minimum Gasteiger partial charge on any atom is -0.438 e. The highest BCUT2D eigenvalue weighted by Crippen LogP contribution is 2.26. The lowest BCUT2D eigenvalue weighted by molar-refractivity contribution is 0.447. The number of halogens is 1. The number of aromatic nitrogens is 1. The molecule has 0 fully saturated rings. The van der Waals surface area contributed by atoms with E-state index in [1.165, 1.54) is 12.3 Å². The molecule has 0 saturated carbocycles. The van der Waals surface area contributed by atoms with Crippen LogP contribution in [0.3, 0.4) is 0 Å². The van der Waals surface area contributed by atoms with Gasteiger partial charge in [0.1, 0.15) is 10.6 Å². The molecule has 0 bridgehead atoms. The van der Waals surface area contributed by atoms with Gasteiger partial charge in [-0.15, -0.1) is 0 Å². The zero-order valence-corrected chi connectivity index (χ0v) is 12.5. The van der Waals surface area contributed by atoms with Crippen LogP contribution in [0.15, 0.2) is 47.5 Å². The number of ether oxygens (including phenoxy) is 1. The van der Waals surface area contributed by atoms with Crippen LogP contribution >= 0.6 is 22.6 Å². The Labute approximate surface area is 119 Å². The Morgan fingerprint density at radius 2 is 2.00 bits per heavy atom. The minimum atomic E-state index is -3.35. The van der Waals surface area contributed by atoms with Crippen molar-refractivity contribution in [1.82, 2.24) is 4.98 Å². The quantitative estimate of drug-likeness (QED) is 0.775. The van der Waals surface area contributed by atoms with Gasteiger partial charge in [-0.3, -0.25) is 0 Å². The van der Waals surface area contributed by atoms with Gasteiger partial charge in [-0.05, 0) is 52.9 Å². The van der Waals surface area contributed by atoms with E-state index in [0.717, 1.165) is 9.83 Å². The number of hydrogen-bond donors (Lipinski definition) is 0. The predicted molar refractivity (Wildman–Crippen MR) is 76.6 cm³/mol. The van der Waals surface area contributed by atoms with Crippen molar-refractivity contribution in [3.05, 3.63) is 46.2 Å². The zero-order valence-electron chi connectivity index (χ0n) is 9.50. The summed E-state index contributed by atoms with van der Waals surface area (Å²) >= 11 is 2.15. The van der Waals surface area contributed by atoms with Crippen LogP contribution in [0.25, 0.3) is 0 Å². The lowest BCUT2D eigenvalue weighted by Gasteiger charge is -2.08. The predicted octanol–water partition coefficient (Wildman–Crippen LogP) is 2.88. The van der Waals surface area contributed by atoms with E-state index in [9.17, 15) is 8.42 Å². The topological polar surface area (TPSA) is 56.3 Å². The van der Waals surface area contributed by atoms with Crippen LogP contribution in [-0.4, -0.2) is 19.7 Å². The zero-order chi connectivity index (χ0) is 13.2. The summed E-state index contributed by atoms with van der Waals surface area (Å²) < 4.78 is 29.7. The third kappa shape index (κ3) is 3.20. The molecular weight excluding hydrogens is 365 g/mol. The molecule has 18 heavy (non-hydrogen) atoms. The van der Waals surface area contributed by atoms with Crippen LogP contribution in [0.1, 0.15) is 0 Å². The van der Waals surface area contributed by atoms with Crippen LogP contribution in [0.2, 0.25) is 0 Å². The minimum absolute atomic E-state index is 0.0869. The summed E-state index contributed by atoms with van der Waals surface area (Å²) in [6.07, 6.45) is 2.63. The lowest BCUT2D eigenvalue weighted by atomic mass is 10.3. The number of pyridine rings is 1. The van der Waals surface area contributed by atoms with Gasteiger partial charge in [-0.2, -0.15) is 0 Å². The lowest BCUT2D eigenvalue weighted by Crippen LogP contribution is -2.01. The van der Waals surface area contributed by atoms with Crippen LogP contribution in [-0.2, 0) is 9.84 Å². The molecule has 6 heteroatoms. The average Bonchev–Trinajstić information content (AvgIpc) is 2.28. The molecule has 0 saturated heterocycles. The molecule has 94 valence electrons. The Morgan fingerprint density at radius 1 is 1.22 bits per heavy atom. The van der Waals surface area contributed by atoms with Crippen molar-refractivity contribution in [3.8, 4) is 11.6 Å². The summed E-state index contributed by atoms with van der Waals surface area (Å²) in [5.41, 5.74) is 0. The average molecular weight is 375 g/mol. The number of sulfone groups is 1. The first-order valence-corrected chi connectivity index (χ1v) is 8.02. The third-order valence-corrected chi connectivity index (χ3v) is 3.93. The second-order valence-corrected chi connectivity index (χ2v) is 6.87. The van der Waals surface area contributed by atoms with Crippen LogP contribution < -0.4 is 4.74 Å². The maximum absolute atomic E-state index is 11.6. The number of nitrogens with zero attached hydrogens (tertiary/aromatic N) is 1. The van der Waals surface area contributed by atoms with E-state index in [1.807, 2.05) is 12.1 Å². The molecule has 4 nitrogen and oxygen atoms in total. The van der Waals surface area contributed by atoms with E-state index in [-0.39, 0.29) is 10.8 Å². The van der Waals surface area contributed by atoms with Gasteiger partial charge in [0.25, 0.3) is 0 Å². The van der Waals surface area contributed by atoms with Gasteiger partial charge in [-0.1, -0.05) is 6.07 Å². The molecule has 0 aliphatic rings. The number of benzene rings is 1. The summed E-state index contributed by atoms with van der Waals surface area (Å²) in [4.78, 5) is 4.05. The van der Waals surface area contributed by atoms with Gasteiger partial charge in [0.2, 0.25) is 5.88 Å². The fourth-order valence-electron chi connectivity index (χ4n) is 1.38. The highest BCUT2D eigenvalue weighted by Gasteiger charge is 2.15. The summed E-state index contributed by atoms with van der Waals surface area (Å²) in [6, 6.07) is 10.4. The summed E-state index contributed by atoms with van der Waals surface area (Å²) in [6.45, 7) is 0. The molecule has 0 amide bonds. The standard InChI is InChI=1S/C12H10INO3S/c1-18(15,16)11-6-3-7-14-12(11)17-10-5-2-4-9(13)8-10/h2-8H,1H3. The Hall–Kier alpha value is -1.15. The molecule has 0 spiro atoms. The summed E-state index contributed by atoms with van der Waals surface area (Å²) in [5, 5.41) is 0. The number of rotatable bonds is 3. The van der Waals surface area contributed by atoms with Crippen LogP contribution in [0, 0.1) is 3.57 Å². The van der Waals surface area contributed by atoms with E-state index in [0.29, 0.717) is 5.75 Å². The van der Waals surface area contributed by atoms with Crippen molar-refractivity contribution >= 4 is 32.4 Å². The first-order valence-electron chi connectivity index (χ1n) is 5.05. The van der Waals surface area contributed by atoms with Crippen molar-refractivity contribution in [1.29, 1.82) is 0 Å². The highest BCUT2D eigenvalue weighted by atomic mass is 127. The molecule has 0 aliphatic heterocycles. The second kappa shape index (κ2) is 5.23. The molecule has 1 aromatic carbocycles. The molecule has 0 aliphatic carbocycles. The van der Waals surface area contributed by atoms with Crippen molar-refractivity contribution < 1.29 is 13.2 Å². The fraction of sp³-hybridized carbons (Fsp3) is 0.0833. The molecule has 0 unspecified atom stereocenters. The van der Waals surface area contributed by atoms with Crippen LogP contribution in [0.5, 0.6) is 11.6 Å². The van der Waals surface area contributed by atoms with Crippen molar-refractivity contribution in [2.75, 3.05) is 6.26 Å². The number of hydrogen-bond acceptors (Lipinski definition) is 4. The maximum atomic E-state index is 11.6. The molecule has 1 aromatic heterocycles. The van der Waals surface area contributed by atoms with E-state index in [4.69, 9.17) is 4.74 Å².